The fraction of sp³-hybridized carbons (Fsp3) is 0.471. The van der Waals surface area contributed by atoms with Crippen molar-refractivity contribution < 1.29 is 18.8 Å². The fourth-order valence-corrected chi connectivity index (χ4v) is 2.93. The molecule has 23 heavy (non-hydrogen) atoms. The molecule has 0 spiro atoms. The molecule has 6 heteroatoms. The van der Waals surface area contributed by atoms with Crippen molar-refractivity contribution in [2.75, 3.05) is 7.11 Å². The van der Waals surface area contributed by atoms with Crippen LogP contribution in [0, 0.1) is 0 Å². The summed E-state index contributed by atoms with van der Waals surface area (Å²) in [6, 6.07) is 5.80. The van der Waals surface area contributed by atoms with Crippen LogP contribution in [0.1, 0.15) is 38.1 Å². The number of aryl methyl sites for hydroxylation is 1. The number of hydrogen-bond acceptors (Lipinski definition) is 4. The van der Waals surface area contributed by atoms with Crippen LogP contribution in [0.2, 0.25) is 0 Å². The summed E-state index contributed by atoms with van der Waals surface area (Å²) in [5, 5.41) is 0.839. The van der Waals surface area contributed by atoms with Crippen LogP contribution in [-0.4, -0.2) is 36.0 Å². The second-order valence-electron chi connectivity index (χ2n) is 6.98. The van der Waals surface area contributed by atoms with E-state index in [2.05, 4.69) is 0 Å². The standard InChI is InChI=1S/C17H22BNO4/c1-16(2)17(3,4)23-18(22-16)13-9-7-8-11-12(15(20)21-6)10-19(5)14(11)13/h7-10H,1-6H3. The third-order valence-corrected chi connectivity index (χ3v) is 4.95. The zero-order chi connectivity index (χ0) is 17.0. The molecule has 0 N–H and O–H groups in total. The van der Waals surface area contributed by atoms with Crippen LogP contribution < -0.4 is 5.46 Å². The summed E-state index contributed by atoms with van der Waals surface area (Å²) in [5.41, 5.74) is 1.57. The van der Waals surface area contributed by atoms with Gasteiger partial charge < -0.3 is 18.6 Å². The second kappa shape index (κ2) is 5.11. The zero-order valence-corrected chi connectivity index (χ0v) is 14.5. The molecular formula is C17H22BNO4. The molecule has 0 aliphatic carbocycles. The van der Waals surface area contributed by atoms with Gasteiger partial charge in [0.1, 0.15) is 0 Å². The minimum absolute atomic E-state index is 0.346. The minimum Gasteiger partial charge on any atom is -0.465 e. The maximum absolute atomic E-state index is 12.0. The van der Waals surface area contributed by atoms with Gasteiger partial charge >= 0.3 is 13.1 Å². The molecule has 2 aromatic rings. The number of carbonyl (C=O) groups is 1. The number of benzene rings is 1. The van der Waals surface area contributed by atoms with E-state index >= 15 is 0 Å². The van der Waals surface area contributed by atoms with Crippen LogP contribution in [-0.2, 0) is 21.1 Å². The lowest BCUT2D eigenvalue weighted by molar-refractivity contribution is 0.00578. The Morgan fingerprint density at radius 3 is 2.35 bits per heavy atom. The van der Waals surface area contributed by atoms with E-state index in [9.17, 15) is 4.79 Å². The van der Waals surface area contributed by atoms with Gasteiger partial charge in [-0.25, -0.2) is 4.79 Å². The predicted molar refractivity (Wildman–Crippen MR) is 90.0 cm³/mol. The molecule has 1 aliphatic rings. The van der Waals surface area contributed by atoms with Gasteiger partial charge in [0.15, 0.2) is 0 Å². The Kier molecular flexibility index (Phi) is 3.57. The van der Waals surface area contributed by atoms with Crippen LogP contribution in [0.4, 0.5) is 0 Å². The summed E-state index contributed by atoms with van der Waals surface area (Å²) in [5.74, 6) is -0.346. The van der Waals surface area contributed by atoms with Crippen molar-refractivity contribution >= 4 is 29.5 Å². The Hall–Kier alpha value is -1.79. The van der Waals surface area contributed by atoms with Gasteiger partial charge in [-0.1, -0.05) is 18.2 Å². The molecule has 0 bridgehead atoms. The second-order valence-corrected chi connectivity index (χ2v) is 6.98. The highest BCUT2D eigenvalue weighted by atomic mass is 16.7. The van der Waals surface area contributed by atoms with Crippen LogP contribution in [0.25, 0.3) is 10.9 Å². The molecule has 3 rings (SSSR count). The quantitative estimate of drug-likeness (QED) is 0.630. The van der Waals surface area contributed by atoms with Gasteiger partial charge in [0.2, 0.25) is 0 Å². The molecule has 0 unspecified atom stereocenters. The molecule has 0 atom stereocenters. The van der Waals surface area contributed by atoms with Crippen molar-refractivity contribution in [2.24, 2.45) is 7.05 Å². The Labute approximate surface area is 136 Å². The molecule has 1 aliphatic heterocycles. The van der Waals surface area contributed by atoms with Crippen molar-refractivity contribution in [3.63, 3.8) is 0 Å². The lowest BCUT2D eigenvalue weighted by atomic mass is 9.77. The largest absolute Gasteiger partial charge is 0.497 e. The lowest BCUT2D eigenvalue weighted by Gasteiger charge is -2.32. The number of carbonyl (C=O) groups excluding carboxylic acids is 1. The first-order valence-corrected chi connectivity index (χ1v) is 7.70. The average Bonchev–Trinajstić information content (AvgIpc) is 2.92. The Bertz CT molecular complexity index is 762. The number of aromatic nitrogens is 1. The maximum Gasteiger partial charge on any atom is 0.497 e. The number of esters is 1. The highest BCUT2D eigenvalue weighted by molar-refractivity contribution is 6.65. The zero-order valence-electron chi connectivity index (χ0n) is 14.5. The highest BCUT2D eigenvalue weighted by Gasteiger charge is 2.52. The van der Waals surface area contributed by atoms with Crippen LogP contribution in [0.15, 0.2) is 24.4 Å². The number of fused-ring (bicyclic) bond motifs is 1. The topological polar surface area (TPSA) is 49.7 Å². The van der Waals surface area contributed by atoms with Crippen LogP contribution >= 0.6 is 0 Å². The van der Waals surface area contributed by atoms with E-state index in [0.717, 1.165) is 16.4 Å². The van der Waals surface area contributed by atoms with E-state index in [0.29, 0.717) is 5.56 Å². The number of nitrogens with zero attached hydrogens (tertiary/aromatic N) is 1. The van der Waals surface area contributed by atoms with Gasteiger partial charge in [0, 0.05) is 29.6 Å². The molecule has 2 heterocycles. The van der Waals surface area contributed by atoms with Gasteiger partial charge in [-0.2, -0.15) is 0 Å². The first-order chi connectivity index (χ1) is 10.7. The summed E-state index contributed by atoms with van der Waals surface area (Å²) >= 11 is 0. The van der Waals surface area contributed by atoms with E-state index in [1.54, 1.807) is 6.20 Å². The van der Waals surface area contributed by atoms with Crippen LogP contribution in [0.5, 0.6) is 0 Å². The first kappa shape index (κ1) is 16.1. The van der Waals surface area contributed by atoms with Crippen LogP contribution in [0.3, 0.4) is 0 Å². The van der Waals surface area contributed by atoms with Crippen molar-refractivity contribution in [3.05, 3.63) is 30.0 Å². The number of rotatable bonds is 2. The Morgan fingerprint density at radius 1 is 1.17 bits per heavy atom. The summed E-state index contributed by atoms with van der Waals surface area (Å²) in [6.45, 7) is 8.10. The van der Waals surface area contributed by atoms with Gasteiger partial charge in [-0.05, 0) is 27.7 Å². The molecule has 0 saturated carbocycles. The van der Waals surface area contributed by atoms with Crippen molar-refractivity contribution in [3.8, 4) is 0 Å². The fourth-order valence-electron chi connectivity index (χ4n) is 2.93. The van der Waals surface area contributed by atoms with E-state index in [4.69, 9.17) is 14.0 Å². The molecule has 1 aromatic heterocycles. The smallest absolute Gasteiger partial charge is 0.465 e. The maximum atomic E-state index is 12.0. The molecule has 0 amide bonds. The van der Waals surface area contributed by atoms with E-state index in [1.807, 2.05) is 57.5 Å². The predicted octanol–water partition coefficient (Wildman–Crippen LogP) is 2.26. The summed E-state index contributed by atoms with van der Waals surface area (Å²) in [4.78, 5) is 12.0. The summed E-state index contributed by atoms with van der Waals surface area (Å²) < 4.78 is 19.1. The van der Waals surface area contributed by atoms with Crippen molar-refractivity contribution in [1.29, 1.82) is 0 Å². The number of methoxy groups -OCH3 is 1. The third kappa shape index (κ3) is 2.37. The number of ether oxygens (including phenoxy) is 1. The highest BCUT2D eigenvalue weighted by Crippen LogP contribution is 2.37. The van der Waals surface area contributed by atoms with Gasteiger partial charge in [0.25, 0.3) is 0 Å². The number of hydrogen-bond donors (Lipinski definition) is 0. The van der Waals surface area contributed by atoms with Gasteiger partial charge in [-0.15, -0.1) is 0 Å². The van der Waals surface area contributed by atoms with Gasteiger partial charge in [-0.3, -0.25) is 0 Å². The van der Waals surface area contributed by atoms with Crippen molar-refractivity contribution in [1.82, 2.24) is 4.57 Å². The summed E-state index contributed by atoms with van der Waals surface area (Å²) in [7, 11) is 2.82. The molecule has 122 valence electrons. The van der Waals surface area contributed by atoms with Crippen molar-refractivity contribution in [2.45, 2.75) is 38.9 Å². The minimum atomic E-state index is -0.470. The Balaban J connectivity index is 2.14. The molecule has 5 nitrogen and oxygen atoms in total. The molecule has 1 aromatic carbocycles. The normalized spacial score (nSPS) is 19.3. The monoisotopic (exact) mass is 315 g/mol. The van der Waals surface area contributed by atoms with E-state index in [1.165, 1.54) is 7.11 Å². The Morgan fingerprint density at radius 2 is 1.78 bits per heavy atom. The van der Waals surface area contributed by atoms with Gasteiger partial charge in [0.05, 0.1) is 23.9 Å². The third-order valence-electron chi connectivity index (χ3n) is 4.95. The van der Waals surface area contributed by atoms with E-state index < -0.39 is 18.3 Å². The number of para-hydroxylation sites is 1. The molecule has 1 saturated heterocycles. The molecule has 0 radical (unpaired) electrons. The summed E-state index contributed by atoms with van der Waals surface area (Å²) in [6.07, 6.45) is 1.78. The molecular weight excluding hydrogens is 293 g/mol. The molecule has 1 fully saturated rings. The van der Waals surface area contributed by atoms with E-state index in [-0.39, 0.29) is 5.97 Å². The first-order valence-electron chi connectivity index (χ1n) is 7.70. The lowest BCUT2D eigenvalue weighted by Crippen LogP contribution is -2.41. The SMILES string of the molecule is COC(=O)c1cn(C)c2c(B3OC(C)(C)C(C)(C)O3)cccc12. The average molecular weight is 315 g/mol.